The zero-order valence-electron chi connectivity index (χ0n) is 14.4. The first-order valence-electron chi connectivity index (χ1n) is 8.72. The van der Waals surface area contributed by atoms with Crippen LogP contribution in [0.25, 0.3) is 0 Å². The molecule has 3 rings (SSSR count). The van der Waals surface area contributed by atoms with Gasteiger partial charge in [-0.15, -0.1) is 0 Å². The predicted molar refractivity (Wildman–Crippen MR) is 90.1 cm³/mol. The van der Waals surface area contributed by atoms with Gasteiger partial charge in [-0.25, -0.2) is 0 Å². The molecule has 1 aromatic carbocycles. The lowest BCUT2D eigenvalue weighted by molar-refractivity contribution is -0.0734. The van der Waals surface area contributed by atoms with E-state index in [-0.39, 0.29) is 23.5 Å². The van der Waals surface area contributed by atoms with Crippen molar-refractivity contribution in [2.24, 2.45) is 11.3 Å². The molecule has 0 aliphatic heterocycles. The number of aliphatic hydroxyl groups is 2. The highest BCUT2D eigenvalue weighted by molar-refractivity contribution is 5.42. The Morgan fingerprint density at radius 2 is 1.95 bits per heavy atom. The number of hydrogen-bond acceptors (Lipinski definition) is 2. The average Bonchev–Trinajstić information content (AvgIpc) is 2.45. The van der Waals surface area contributed by atoms with Crippen LogP contribution in [0, 0.1) is 11.3 Å². The fourth-order valence-electron chi connectivity index (χ4n) is 5.33. The average molecular weight is 302 g/mol. The summed E-state index contributed by atoms with van der Waals surface area (Å²) in [4.78, 5) is 0. The van der Waals surface area contributed by atoms with E-state index in [0.29, 0.717) is 11.8 Å². The molecule has 2 nitrogen and oxygen atoms in total. The Kier molecular flexibility index (Phi) is 3.89. The third-order valence-corrected chi connectivity index (χ3v) is 6.45. The van der Waals surface area contributed by atoms with Crippen molar-refractivity contribution >= 4 is 0 Å². The maximum atomic E-state index is 10.4. The predicted octanol–water partition coefficient (Wildman–Crippen LogP) is 3.78. The van der Waals surface area contributed by atoms with Crippen molar-refractivity contribution in [2.45, 2.75) is 70.8 Å². The van der Waals surface area contributed by atoms with Crippen LogP contribution in [-0.2, 0) is 11.8 Å². The minimum atomic E-state index is -0.311. The first-order chi connectivity index (χ1) is 10.3. The van der Waals surface area contributed by atoms with Gasteiger partial charge in [-0.2, -0.15) is 0 Å². The van der Waals surface area contributed by atoms with E-state index in [1.165, 1.54) is 16.7 Å². The molecule has 0 aromatic heterocycles. The zero-order chi connectivity index (χ0) is 16.1. The standard InChI is InChI=1S/C20H30O2/c1-13(2)14-5-7-17-15(9-14)6-8-18-19(3,12-21)10-16(22)11-20(17,18)4/h5,7,9,13,16,18,21-22H,6,8,10-12H2,1-4H3. The van der Waals surface area contributed by atoms with E-state index in [0.717, 1.165) is 25.7 Å². The topological polar surface area (TPSA) is 40.5 Å². The fourth-order valence-corrected chi connectivity index (χ4v) is 5.33. The summed E-state index contributed by atoms with van der Waals surface area (Å²) in [6.45, 7) is 9.11. The van der Waals surface area contributed by atoms with Crippen molar-refractivity contribution in [2.75, 3.05) is 6.61 Å². The molecule has 2 aliphatic rings. The lowest BCUT2D eigenvalue weighted by atomic mass is 9.49. The summed E-state index contributed by atoms with van der Waals surface area (Å²) in [5, 5.41) is 20.4. The largest absolute Gasteiger partial charge is 0.396 e. The zero-order valence-corrected chi connectivity index (χ0v) is 14.4. The van der Waals surface area contributed by atoms with E-state index in [2.05, 4.69) is 45.9 Å². The van der Waals surface area contributed by atoms with Gasteiger partial charge in [-0.05, 0) is 65.0 Å². The van der Waals surface area contributed by atoms with E-state index < -0.39 is 0 Å². The summed E-state index contributed by atoms with van der Waals surface area (Å²) in [5.41, 5.74) is 4.09. The number of fused-ring (bicyclic) bond motifs is 3. The van der Waals surface area contributed by atoms with Crippen LogP contribution < -0.4 is 0 Å². The molecule has 0 amide bonds. The Bertz CT molecular complexity index is 565. The molecule has 1 saturated carbocycles. The van der Waals surface area contributed by atoms with Gasteiger partial charge in [0.2, 0.25) is 0 Å². The molecule has 2 heteroatoms. The van der Waals surface area contributed by atoms with Crippen LogP contribution in [-0.4, -0.2) is 22.9 Å². The van der Waals surface area contributed by atoms with Gasteiger partial charge >= 0.3 is 0 Å². The first-order valence-corrected chi connectivity index (χ1v) is 8.72. The van der Waals surface area contributed by atoms with Crippen LogP contribution in [0.5, 0.6) is 0 Å². The van der Waals surface area contributed by atoms with Crippen molar-refractivity contribution in [3.8, 4) is 0 Å². The highest BCUT2D eigenvalue weighted by Gasteiger charge is 2.53. The molecular weight excluding hydrogens is 272 g/mol. The summed E-state index contributed by atoms with van der Waals surface area (Å²) < 4.78 is 0. The normalized spacial score (nSPS) is 37.8. The summed E-state index contributed by atoms with van der Waals surface area (Å²) in [6, 6.07) is 6.93. The van der Waals surface area contributed by atoms with Crippen LogP contribution >= 0.6 is 0 Å². The van der Waals surface area contributed by atoms with Gasteiger partial charge in [0, 0.05) is 6.61 Å². The summed E-state index contributed by atoms with van der Waals surface area (Å²) in [7, 11) is 0. The molecule has 1 fully saturated rings. The van der Waals surface area contributed by atoms with E-state index >= 15 is 0 Å². The van der Waals surface area contributed by atoms with Crippen LogP contribution in [0.1, 0.15) is 69.6 Å². The molecule has 2 aliphatic carbocycles. The van der Waals surface area contributed by atoms with Crippen molar-refractivity contribution in [3.63, 3.8) is 0 Å². The van der Waals surface area contributed by atoms with Gasteiger partial charge in [0.05, 0.1) is 6.10 Å². The van der Waals surface area contributed by atoms with Crippen LogP contribution in [0.4, 0.5) is 0 Å². The van der Waals surface area contributed by atoms with E-state index in [9.17, 15) is 10.2 Å². The SMILES string of the molecule is CC(C)c1ccc2c(c1)CCC1C(C)(CO)CC(O)CC21C. The molecule has 122 valence electrons. The van der Waals surface area contributed by atoms with Gasteiger partial charge in [0.1, 0.15) is 0 Å². The van der Waals surface area contributed by atoms with Gasteiger partial charge in [0.25, 0.3) is 0 Å². The maximum absolute atomic E-state index is 10.4. The Labute approximate surface area is 134 Å². The quantitative estimate of drug-likeness (QED) is 0.873. The van der Waals surface area contributed by atoms with E-state index in [1.807, 2.05) is 0 Å². The number of hydrogen-bond donors (Lipinski definition) is 2. The molecule has 0 bridgehead atoms. The monoisotopic (exact) mass is 302 g/mol. The minimum Gasteiger partial charge on any atom is -0.396 e. The Balaban J connectivity index is 2.08. The lowest BCUT2D eigenvalue weighted by Gasteiger charge is -2.56. The summed E-state index contributed by atoms with van der Waals surface area (Å²) >= 11 is 0. The molecule has 4 atom stereocenters. The Hall–Kier alpha value is -0.860. The fraction of sp³-hybridized carbons (Fsp3) is 0.700. The van der Waals surface area contributed by atoms with Crippen molar-refractivity contribution in [1.82, 2.24) is 0 Å². The number of aryl methyl sites for hydroxylation is 1. The molecule has 22 heavy (non-hydrogen) atoms. The van der Waals surface area contributed by atoms with Crippen molar-refractivity contribution in [1.29, 1.82) is 0 Å². The number of rotatable bonds is 2. The van der Waals surface area contributed by atoms with Crippen molar-refractivity contribution in [3.05, 3.63) is 34.9 Å². The van der Waals surface area contributed by atoms with Crippen LogP contribution in [0.3, 0.4) is 0 Å². The smallest absolute Gasteiger partial charge is 0.0554 e. The molecular formula is C20H30O2. The van der Waals surface area contributed by atoms with Gasteiger partial charge in [0.15, 0.2) is 0 Å². The Morgan fingerprint density at radius 1 is 1.23 bits per heavy atom. The molecule has 0 heterocycles. The van der Waals surface area contributed by atoms with Crippen LogP contribution in [0.2, 0.25) is 0 Å². The lowest BCUT2D eigenvalue weighted by Crippen LogP contribution is -2.54. The minimum absolute atomic E-state index is 0.0156. The highest BCUT2D eigenvalue weighted by Crippen LogP contribution is 2.57. The molecule has 0 radical (unpaired) electrons. The molecule has 0 saturated heterocycles. The van der Waals surface area contributed by atoms with Crippen molar-refractivity contribution < 1.29 is 10.2 Å². The van der Waals surface area contributed by atoms with E-state index in [1.54, 1.807) is 0 Å². The third kappa shape index (κ3) is 2.32. The second-order valence-electron chi connectivity index (χ2n) is 8.45. The van der Waals surface area contributed by atoms with Gasteiger partial charge in [-0.3, -0.25) is 0 Å². The molecule has 1 aromatic rings. The summed E-state index contributed by atoms with van der Waals surface area (Å²) in [6.07, 6.45) is 3.45. The van der Waals surface area contributed by atoms with E-state index in [4.69, 9.17) is 0 Å². The van der Waals surface area contributed by atoms with Gasteiger partial charge in [-0.1, -0.05) is 45.9 Å². The second kappa shape index (κ2) is 5.35. The summed E-state index contributed by atoms with van der Waals surface area (Å²) in [5.74, 6) is 1.00. The highest BCUT2D eigenvalue weighted by atomic mass is 16.3. The van der Waals surface area contributed by atoms with Crippen LogP contribution in [0.15, 0.2) is 18.2 Å². The number of aliphatic hydroxyl groups excluding tert-OH is 2. The Morgan fingerprint density at radius 3 is 2.59 bits per heavy atom. The molecule has 2 N–H and O–H groups in total. The number of benzene rings is 1. The maximum Gasteiger partial charge on any atom is 0.0554 e. The third-order valence-electron chi connectivity index (χ3n) is 6.45. The first kappa shape index (κ1) is 16.0. The second-order valence-corrected chi connectivity index (χ2v) is 8.45. The van der Waals surface area contributed by atoms with Gasteiger partial charge < -0.3 is 10.2 Å². The molecule has 4 unspecified atom stereocenters. The molecule has 0 spiro atoms.